The fraction of sp³-hybridized carbons (Fsp3) is 0.154. The maximum Gasteiger partial charge on any atom is 0.189 e. The Balaban J connectivity index is 2.04. The van der Waals surface area contributed by atoms with Gasteiger partial charge < -0.3 is 0 Å². The molecule has 1 aromatic carbocycles. The molecular formula is C13H12N4O. The molecule has 2 rings (SSSR count). The van der Waals surface area contributed by atoms with Crippen molar-refractivity contribution < 1.29 is 4.84 Å². The molecule has 0 saturated heterocycles. The lowest BCUT2D eigenvalue weighted by Crippen LogP contribution is -2.20. The third-order valence-corrected chi connectivity index (χ3v) is 2.35. The SMILES string of the molecule is CN(OCc1ccccc1)c1nccnc1C#N. The van der Waals surface area contributed by atoms with Crippen LogP contribution in [0, 0.1) is 11.3 Å². The predicted molar refractivity (Wildman–Crippen MR) is 66.4 cm³/mol. The van der Waals surface area contributed by atoms with Gasteiger partial charge in [-0.1, -0.05) is 30.3 Å². The zero-order chi connectivity index (χ0) is 12.8. The van der Waals surface area contributed by atoms with Gasteiger partial charge in [0.1, 0.15) is 6.07 Å². The number of hydroxylamine groups is 1. The Morgan fingerprint density at radius 1 is 1.22 bits per heavy atom. The van der Waals surface area contributed by atoms with Crippen molar-refractivity contribution in [3.8, 4) is 6.07 Å². The first-order chi connectivity index (χ1) is 8.81. The van der Waals surface area contributed by atoms with Gasteiger partial charge in [-0.25, -0.2) is 15.0 Å². The average molecular weight is 240 g/mol. The molecular weight excluding hydrogens is 228 g/mol. The second kappa shape index (κ2) is 5.75. The van der Waals surface area contributed by atoms with Crippen LogP contribution in [0.5, 0.6) is 0 Å². The highest BCUT2D eigenvalue weighted by molar-refractivity contribution is 5.46. The molecule has 5 nitrogen and oxygen atoms in total. The summed E-state index contributed by atoms with van der Waals surface area (Å²) in [5.74, 6) is 0.413. The zero-order valence-electron chi connectivity index (χ0n) is 9.95. The Bertz CT molecular complexity index is 550. The fourth-order valence-corrected chi connectivity index (χ4v) is 1.45. The van der Waals surface area contributed by atoms with Crippen LogP contribution in [-0.2, 0) is 11.4 Å². The highest BCUT2D eigenvalue weighted by Crippen LogP contribution is 2.13. The summed E-state index contributed by atoms with van der Waals surface area (Å²) in [6, 6.07) is 11.8. The van der Waals surface area contributed by atoms with E-state index in [1.807, 2.05) is 36.4 Å². The van der Waals surface area contributed by atoms with Crippen molar-refractivity contribution in [2.45, 2.75) is 6.61 Å². The van der Waals surface area contributed by atoms with Crippen LogP contribution in [-0.4, -0.2) is 17.0 Å². The Hall–Kier alpha value is -2.45. The molecule has 0 amide bonds. The van der Waals surface area contributed by atoms with Gasteiger partial charge in [0.15, 0.2) is 11.5 Å². The summed E-state index contributed by atoms with van der Waals surface area (Å²) in [4.78, 5) is 13.5. The largest absolute Gasteiger partial charge is 0.267 e. The van der Waals surface area contributed by atoms with Crippen LogP contribution in [0.1, 0.15) is 11.3 Å². The highest BCUT2D eigenvalue weighted by atomic mass is 16.7. The fourth-order valence-electron chi connectivity index (χ4n) is 1.45. The molecule has 0 N–H and O–H groups in total. The zero-order valence-corrected chi connectivity index (χ0v) is 9.95. The van der Waals surface area contributed by atoms with Gasteiger partial charge in [0.05, 0.1) is 6.61 Å². The van der Waals surface area contributed by atoms with Crippen LogP contribution in [0.3, 0.4) is 0 Å². The van der Waals surface area contributed by atoms with Gasteiger partial charge in [0, 0.05) is 19.4 Å². The van der Waals surface area contributed by atoms with Gasteiger partial charge >= 0.3 is 0 Å². The second-order valence-electron chi connectivity index (χ2n) is 3.60. The summed E-state index contributed by atoms with van der Waals surface area (Å²) in [6.45, 7) is 0.415. The number of aromatic nitrogens is 2. The van der Waals surface area contributed by atoms with Crippen molar-refractivity contribution in [2.75, 3.05) is 12.1 Å². The smallest absolute Gasteiger partial charge is 0.189 e. The van der Waals surface area contributed by atoms with Crippen LogP contribution in [0.2, 0.25) is 0 Å². The number of hydrogen-bond donors (Lipinski definition) is 0. The summed E-state index contributed by atoms with van der Waals surface area (Å²) in [6.07, 6.45) is 3.01. The lowest BCUT2D eigenvalue weighted by atomic mass is 10.2. The molecule has 0 atom stereocenters. The van der Waals surface area contributed by atoms with Crippen LogP contribution < -0.4 is 5.06 Å². The van der Waals surface area contributed by atoms with E-state index in [1.54, 1.807) is 7.05 Å². The predicted octanol–water partition coefficient (Wildman–Crippen LogP) is 1.92. The molecule has 0 aliphatic heterocycles. The minimum Gasteiger partial charge on any atom is -0.267 e. The molecule has 0 bridgehead atoms. The third kappa shape index (κ3) is 2.81. The van der Waals surface area contributed by atoms with Crippen LogP contribution >= 0.6 is 0 Å². The van der Waals surface area contributed by atoms with E-state index < -0.39 is 0 Å². The molecule has 2 aromatic rings. The first kappa shape index (κ1) is 12.0. The Morgan fingerprint density at radius 2 is 1.94 bits per heavy atom. The Morgan fingerprint density at radius 3 is 2.67 bits per heavy atom. The van der Waals surface area contributed by atoms with Crippen LogP contribution in [0.4, 0.5) is 5.82 Å². The number of nitrogens with zero attached hydrogens (tertiary/aromatic N) is 4. The van der Waals surface area contributed by atoms with E-state index in [9.17, 15) is 0 Å². The van der Waals surface area contributed by atoms with Crippen molar-refractivity contribution in [3.63, 3.8) is 0 Å². The number of hydrogen-bond acceptors (Lipinski definition) is 5. The molecule has 0 spiro atoms. The topological polar surface area (TPSA) is 62.0 Å². The van der Waals surface area contributed by atoms with Gasteiger partial charge in [0.2, 0.25) is 0 Å². The van der Waals surface area contributed by atoms with E-state index in [1.165, 1.54) is 17.5 Å². The number of anilines is 1. The molecule has 18 heavy (non-hydrogen) atoms. The van der Waals surface area contributed by atoms with Crippen molar-refractivity contribution >= 4 is 5.82 Å². The summed E-state index contributed by atoms with van der Waals surface area (Å²) in [7, 11) is 1.70. The van der Waals surface area contributed by atoms with Gasteiger partial charge in [0.25, 0.3) is 0 Å². The van der Waals surface area contributed by atoms with E-state index in [0.717, 1.165) is 5.56 Å². The minimum atomic E-state index is 0.244. The van der Waals surface area contributed by atoms with Crippen molar-refractivity contribution in [1.29, 1.82) is 5.26 Å². The molecule has 90 valence electrons. The molecule has 0 saturated carbocycles. The molecule has 5 heteroatoms. The monoisotopic (exact) mass is 240 g/mol. The lowest BCUT2D eigenvalue weighted by molar-refractivity contribution is 0.106. The Kier molecular flexibility index (Phi) is 3.84. The van der Waals surface area contributed by atoms with Crippen molar-refractivity contribution in [2.24, 2.45) is 0 Å². The van der Waals surface area contributed by atoms with E-state index in [2.05, 4.69) is 9.97 Å². The van der Waals surface area contributed by atoms with Crippen molar-refractivity contribution in [1.82, 2.24) is 9.97 Å². The average Bonchev–Trinajstić information content (AvgIpc) is 2.45. The first-order valence-electron chi connectivity index (χ1n) is 5.43. The molecule has 0 fully saturated rings. The van der Waals surface area contributed by atoms with Gasteiger partial charge in [-0.2, -0.15) is 5.26 Å². The van der Waals surface area contributed by atoms with Gasteiger partial charge in [-0.3, -0.25) is 4.84 Å². The Labute approximate surface area is 105 Å². The van der Waals surface area contributed by atoms with Crippen LogP contribution in [0.15, 0.2) is 42.7 Å². The molecule has 0 aliphatic carbocycles. The summed E-state index contributed by atoms with van der Waals surface area (Å²) in [5, 5.41) is 10.4. The second-order valence-corrected chi connectivity index (χ2v) is 3.60. The van der Waals surface area contributed by atoms with Gasteiger partial charge in [-0.15, -0.1) is 0 Å². The molecule has 1 aromatic heterocycles. The lowest BCUT2D eigenvalue weighted by Gasteiger charge is -2.17. The van der Waals surface area contributed by atoms with Crippen molar-refractivity contribution in [3.05, 3.63) is 54.0 Å². The molecule has 0 unspecified atom stereocenters. The molecule has 0 radical (unpaired) electrons. The maximum absolute atomic E-state index is 8.92. The summed E-state index contributed by atoms with van der Waals surface area (Å²) in [5.41, 5.74) is 1.29. The maximum atomic E-state index is 8.92. The molecule has 1 heterocycles. The molecule has 0 aliphatic rings. The van der Waals surface area contributed by atoms with E-state index >= 15 is 0 Å². The number of benzene rings is 1. The minimum absolute atomic E-state index is 0.244. The summed E-state index contributed by atoms with van der Waals surface area (Å²) < 4.78 is 0. The van der Waals surface area contributed by atoms with Crippen LogP contribution in [0.25, 0.3) is 0 Å². The van der Waals surface area contributed by atoms with E-state index in [4.69, 9.17) is 10.1 Å². The van der Waals surface area contributed by atoms with Gasteiger partial charge in [-0.05, 0) is 5.56 Å². The number of nitriles is 1. The first-order valence-corrected chi connectivity index (χ1v) is 5.43. The normalized spacial score (nSPS) is 9.78. The standard InChI is InChI=1S/C13H12N4O/c1-17(13-12(9-14)15-7-8-16-13)18-10-11-5-3-2-4-6-11/h2-8H,10H2,1H3. The highest BCUT2D eigenvalue weighted by Gasteiger charge is 2.10. The third-order valence-electron chi connectivity index (χ3n) is 2.35. The quantitative estimate of drug-likeness (QED) is 0.764. The number of rotatable bonds is 4. The summed E-state index contributed by atoms with van der Waals surface area (Å²) >= 11 is 0. The van der Waals surface area contributed by atoms with E-state index in [0.29, 0.717) is 12.4 Å². The van der Waals surface area contributed by atoms with E-state index in [-0.39, 0.29) is 5.69 Å².